The lowest BCUT2D eigenvalue weighted by molar-refractivity contribution is 1.19. The minimum Gasteiger partial charge on any atom is -0.309 e. The van der Waals surface area contributed by atoms with E-state index in [1.54, 1.807) is 11.3 Å². The fourth-order valence-corrected chi connectivity index (χ4v) is 11.7. The zero-order valence-corrected chi connectivity index (χ0v) is 32.0. The van der Waals surface area contributed by atoms with Crippen molar-refractivity contribution in [3.05, 3.63) is 176 Å². The van der Waals surface area contributed by atoms with Gasteiger partial charge in [0.2, 0.25) is 0 Å². The number of rotatable bonds is 3. The summed E-state index contributed by atoms with van der Waals surface area (Å²) in [5.41, 5.74) is 6.65. The van der Waals surface area contributed by atoms with Crippen molar-refractivity contribution in [3.63, 3.8) is 0 Å². The Bertz CT molecular complexity index is 3810. The van der Waals surface area contributed by atoms with Gasteiger partial charge in [-0.25, -0.2) is 9.97 Å². The molecule has 0 atom stereocenters. The van der Waals surface area contributed by atoms with Gasteiger partial charge in [-0.1, -0.05) is 140 Å². The molecule has 0 amide bonds. The van der Waals surface area contributed by atoms with E-state index in [1.807, 2.05) is 11.3 Å². The van der Waals surface area contributed by atoms with Crippen LogP contribution in [0.2, 0.25) is 0 Å². The average Bonchev–Trinajstić information content (AvgIpc) is 3.96. The molecule has 0 N–H and O–H groups in total. The highest BCUT2D eigenvalue weighted by Crippen LogP contribution is 2.48. The predicted octanol–water partition coefficient (Wildman–Crippen LogP) is 15.1. The maximum Gasteiger partial charge on any atom is 0.162 e. The second-order valence-corrected chi connectivity index (χ2v) is 16.9. The van der Waals surface area contributed by atoms with Gasteiger partial charge >= 0.3 is 0 Å². The number of benzene rings is 9. The molecule has 0 aliphatic rings. The van der Waals surface area contributed by atoms with E-state index in [0.717, 1.165) is 43.9 Å². The van der Waals surface area contributed by atoms with E-state index in [1.165, 1.54) is 79.0 Å². The molecule has 5 heteroatoms. The van der Waals surface area contributed by atoms with Crippen LogP contribution in [0, 0.1) is 0 Å². The van der Waals surface area contributed by atoms with Gasteiger partial charge in [-0.05, 0) is 63.3 Å². The molecule has 0 fully saturated rings. The largest absolute Gasteiger partial charge is 0.309 e. The van der Waals surface area contributed by atoms with Crippen LogP contribution in [0.4, 0.5) is 0 Å². The summed E-state index contributed by atoms with van der Waals surface area (Å²) in [7, 11) is 0. The number of hydrogen-bond donors (Lipinski definition) is 0. The average molecular weight is 760 g/mol. The normalized spacial score (nSPS) is 12.2. The maximum absolute atomic E-state index is 5.51. The molecule has 0 radical (unpaired) electrons. The zero-order valence-electron chi connectivity index (χ0n) is 30.4. The van der Waals surface area contributed by atoms with E-state index in [0.29, 0.717) is 0 Å². The van der Waals surface area contributed by atoms with Crippen molar-refractivity contribution in [1.29, 1.82) is 0 Å². The van der Waals surface area contributed by atoms with Gasteiger partial charge in [-0.2, -0.15) is 0 Å². The molecule has 13 aromatic rings. The summed E-state index contributed by atoms with van der Waals surface area (Å²) in [4.78, 5) is 11.8. The van der Waals surface area contributed by atoms with Crippen molar-refractivity contribution < 1.29 is 0 Å². The van der Waals surface area contributed by atoms with Gasteiger partial charge < -0.3 is 4.57 Å². The molecular weight excluding hydrogens is 731 g/mol. The van der Waals surface area contributed by atoms with Crippen molar-refractivity contribution in [3.8, 4) is 28.3 Å². The summed E-state index contributed by atoms with van der Waals surface area (Å²) in [6.07, 6.45) is 0. The molecule has 0 saturated carbocycles. The maximum atomic E-state index is 5.51. The topological polar surface area (TPSA) is 30.7 Å². The Labute approximate surface area is 334 Å². The number of hydrogen-bond acceptors (Lipinski definition) is 4. The van der Waals surface area contributed by atoms with Gasteiger partial charge in [0.05, 0.1) is 16.7 Å². The monoisotopic (exact) mass is 759 g/mol. The Hall–Kier alpha value is -6.92. The minimum absolute atomic E-state index is 0.746. The van der Waals surface area contributed by atoms with Gasteiger partial charge in [-0.3, -0.25) is 0 Å². The second kappa shape index (κ2) is 11.8. The Morgan fingerprint density at radius 2 is 1.02 bits per heavy atom. The fourth-order valence-electron chi connectivity index (χ4n) is 9.35. The first kappa shape index (κ1) is 31.3. The van der Waals surface area contributed by atoms with Crippen molar-refractivity contribution in [2.75, 3.05) is 0 Å². The van der Waals surface area contributed by atoms with Crippen LogP contribution >= 0.6 is 22.7 Å². The van der Waals surface area contributed by atoms with Crippen molar-refractivity contribution in [2.45, 2.75) is 0 Å². The van der Waals surface area contributed by atoms with Gasteiger partial charge in [0.25, 0.3) is 0 Å². The van der Waals surface area contributed by atoms with E-state index >= 15 is 0 Å². The molecule has 0 bridgehead atoms. The lowest BCUT2D eigenvalue weighted by Crippen LogP contribution is -1.97. The summed E-state index contributed by atoms with van der Waals surface area (Å²) in [6, 6.07) is 63.9. The minimum atomic E-state index is 0.746. The number of fused-ring (bicyclic) bond motifs is 16. The van der Waals surface area contributed by atoms with E-state index in [4.69, 9.17) is 9.97 Å². The molecule has 13 rings (SSSR count). The standard InChI is InChI=1S/C52H29N3S2/c1-2-14-33-31(13-1)29-41(35-16-4-3-15-34(33)35)51-53-48(46-39-20-8-12-24-44(39)57-52(46)54-51)30-25-27-32(28-26-30)55-42-22-10-7-19-38(42)45-36-17-5-6-18-37(36)50-47(49(45)55)40-21-9-11-23-43(40)56-50/h1-29H. The molecule has 4 heterocycles. The summed E-state index contributed by atoms with van der Waals surface area (Å²) < 4.78 is 6.35. The molecule has 0 unspecified atom stereocenters. The Morgan fingerprint density at radius 1 is 0.421 bits per heavy atom. The Kier molecular flexibility index (Phi) is 6.48. The summed E-state index contributed by atoms with van der Waals surface area (Å²) in [5, 5.41) is 14.9. The van der Waals surface area contributed by atoms with E-state index in [9.17, 15) is 0 Å². The summed E-state index contributed by atoms with van der Waals surface area (Å²) in [5.74, 6) is 0.746. The number of thiophene rings is 2. The van der Waals surface area contributed by atoms with Crippen molar-refractivity contribution in [2.24, 2.45) is 0 Å². The van der Waals surface area contributed by atoms with Crippen LogP contribution in [-0.2, 0) is 0 Å². The highest BCUT2D eigenvalue weighted by atomic mass is 32.1. The fraction of sp³-hybridized carbons (Fsp3) is 0. The highest BCUT2D eigenvalue weighted by Gasteiger charge is 2.23. The summed E-state index contributed by atoms with van der Waals surface area (Å²) >= 11 is 3.64. The first-order chi connectivity index (χ1) is 28.3. The third kappa shape index (κ3) is 4.41. The summed E-state index contributed by atoms with van der Waals surface area (Å²) in [6.45, 7) is 0. The van der Waals surface area contributed by atoms with Crippen LogP contribution in [0.5, 0.6) is 0 Å². The molecule has 0 aliphatic carbocycles. The second-order valence-electron chi connectivity index (χ2n) is 14.8. The Balaban J connectivity index is 1.08. The van der Waals surface area contributed by atoms with E-state index in [2.05, 4.69) is 180 Å². The molecular formula is C52H29N3S2. The molecule has 57 heavy (non-hydrogen) atoms. The molecule has 4 aromatic heterocycles. The number of aromatic nitrogens is 3. The quantitative estimate of drug-likeness (QED) is 0.168. The van der Waals surface area contributed by atoms with Gasteiger partial charge in [0.15, 0.2) is 5.82 Å². The molecule has 3 nitrogen and oxygen atoms in total. The van der Waals surface area contributed by atoms with Gasteiger partial charge in [-0.15, -0.1) is 22.7 Å². The molecule has 264 valence electrons. The van der Waals surface area contributed by atoms with Crippen LogP contribution in [0.3, 0.4) is 0 Å². The molecule has 0 aliphatic heterocycles. The number of nitrogens with zero attached hydrogens (tertiary/aromatic N) is 3. The SMILES string of the molecule is c1ccc2c(c1)cc(-c1nc(-c3ccc(-n4c5ccccc5c5c6ccccc6c6sc7ccccc7c6c54)cc3)c3c(n1)sc1ccccc13)c1ccccc12. The van der Waals surface area contributed by atoms with E-state index < -0.39 is 0 Å². The van der Waals surface area contributed by atoms with Crippen LogP contribution in [0.15, 0.2) is 176 Å². The van der Waals surface area contributed by atoms with Crippen LogP contribution in [0.1, 0.15) is 0 Å². The number of para-hydroxylation sites is 1. The smallest absolute Gasteiger partial charge is 0.162 e. The first-order valence-electron chi connectivity index (χ1n) is 19.2. The molecule has 9 aromatic carbocycles. The third-order valence-electron chi connectivity index (χ3n) is 11.8. The lowest BCUT2D eigenvalue weighted by Gasteiger charge is -2.13. The van der Waals surface area contributed by atoms with E-state index in [-0.39, 0.29) is 0 Å². The van der Waals surface area contributed by atoms with Gasteiger partial charge in [0, 0.05) is 68.6 Å². The van der Waals surface area contributed by atoms with Crippen LogP contribution in [-0.4, -0.2) is 14.5 Å². The van der Waals surface area contributed by atoms with Crippen LogP contribution in [0.25, 0.3) is 123 Å². The lowest BCUT2D eigenvalue weighted by atomic mass is 9.96. The highest BCUT2D eigenvalue weighted by molar-refractivity contribution is 7.27. The first-order valence-corrected chi connectivity index (χ1v) is 20.9. The van der Waals surface area contributed by atoms with Gasteiger partial charge in [0.1, 0.15) is 4.83 Å². The predicted molar refractivity (Wildman–Crippen MR) is 246 cm³/mol. The molecule has 0 saturated heterocycles. The third-order valence-corrected chi connectivity index (χ3v) is 14.1. The Morgan fingerprint density at radius 3 is 1.81 bits per heavy atom. The zero-order chi connectivity index (χ0) is 37.2. The van der Waals surface area contributed by atoms with Crippen molar-refractivity contribution in [1.82, 2.24) is 14.5 Å². The molecule has 0 spiro atoms. The van der Waals surface area contributed by atoms with Crippen LogP contribution < -0.4 is 0 Å². The van der Waals surface area contributed by atoms with Crippen molar-refractivity contribution >= 4 is 117 Å².